The number of carbonyl (C=O) groups excluding carboxylic acids is 1. The molecule has 2 aromatic rings. The van der Waals surface area contributed by atoms with Gasteiger partial charge in [-0.1, -0.05) is 0 Å². The minimum Gasteiger partial charge on any atom is -0.483 e. The van der Waals surface area contributed by atoms with Crippen LogP contribution >= 0.6 is 22.6 Å². The second-order valence-corrected chi connectivity index (χ2v) is 6.09. The number of rotatable bonds is 6. The molecule has 0 bridgehead atoms. The van der Waals surface area contributed by atoms with Crippen molar-refractivity contribution < 1.29 is 13.9 Å². The van der Waals surface area contributed by atoms with E-state index in [2.05, 4.69) is 33.1 Å². The molecule has 1 N–H and O–H groups in total. The number of nitrogens with one attached hydrogen (secondary N) is 1. The van der Waals surface area contributed by atoms with Gasteiger partial charge >= 0.3 is 0 Å². The van der Waals surface area contributed by atoms with E-state index in [0.717, 1.165) is 26.2 Å². The molecule has 0 unspecified atom stereocenters. The summed E-state index contributed by atoms with van der Waals surface area (Å²) in [6.45, 7) is 3.83. The molecule has 0 fully saturated rings. The summed E-state index contributed by atoms with van der Waals surface area (Å²) in [6.07, 6.45) is 6.48. The van der Waals surface area contributed by atoms with Crippen LogP contribution in [0.5, 0.6) is 5.75 Å². The van der Waals surface area contributed by atoms with Crippen LogP contribution < -0.4 is 10.2 Å². The van der Waals surface area contributed by atoms with Crippen molar-refractivity contribution in [1.82, 2.24) is 5.43 Å². The van der Waals surface area contributed by atoms with Crippen LogP contribution in [0, 0.1) is 17.4 Å². The van der Waals surface area contributed by atoms with Gasteiger partial charge in [0.05, 0.1) is 6.26 Å². The fourth-order valence-electron chi connectivity index (χ4n) is 1.97. The molecular weight excluding hydrogens is 407 g/mol. The highest BCUT2D eigenvalue weighted by Gasteiger charge is 2.08. The average Bonchev–Trinajstić information content (AvgIpc) is 2.99. The lowest BCUT2D eigenvalue weighted by molar-refractivity contribution is -0.123. The Hall–Kier alpha value is -2.09. The van der Waals surface area contributed by atoms with Crippen molar-refractivity contribution in [3.05, 3.63) is 57.1 Å². The largest absolute Gasteiger partial charge is 0.483 e. The van der Waals surface area contributed by atoms with Gasteiger partial charge in [0.1, 0.15) is 11.5 Å². The second-order valence-electron chi connectivity index (χ2n) is 4.85. The van der Waals surface area contributed by atoms with E-state index in [1.807, 2.05) is 32.0 Å². The Bertz CT molecular complexity index is 698. The highest BCUT2D eigenvalue weighted by molar-refractivity contribution is 14.1. The molecule has 0 aliphatic carbocycles. The topological polar surface area (TPSA) is 63.8 Å². The fraction of sp³-hybridized carbons (Fsp3) is 0.176. The van der Waals surface area contributed by atoms with Gasteiger partial charge in [-0.25, -0.2) is 5.43 Å². The number of furan rings is 1. The summed E-state index contributed by atoms with van der Waals surface area (Å²) < 4.78 is 11.8. The number of allylic oxidation sites excluding steroid dienone is 1. The van der Waals surface area contributed by atoms with Crippen LogP contribution in [0.3, 0.4) is 0 Å². The number of aryl methyl sites for hydroxylation is 2. The number of hydrogen-bond donors (Lipinski definition) is 1. The summed E-state index contributed by atoms with van der Waals surface area (Å²) in [5.74, 6) is 1.14. The SMILES string of the molecule is Cc1cc(I)cc(C)c1OCC(=O)NN=CC=Cc1ccco1. The number of ether oxygens (including phenoxy) is 1. The van der Waals surface area contributed by atoms with Gasteiger partial charge in [0.2, 0.25) is 0 Å². The molecule has 0 radical (unpaired) electrons. The van der Waals surface area contributed by atoms with E-state index < -0.39 is 0 Å². The third-order valence-electron chi connectivity index (χ3n) is 2.93. The molecule has 2 rings (SSSR count). The van der Waals surface area contributed by atoms with Gasteiger partial charge in [-0.2, -0.15) is 5.10 Å². The van der Waals surface area contributed by atoms with Crippen molar-refractivity contribution in [2.45, 2.75) is 13.8 Å². The van der Waals surface area contributed by atoms with E-state index in [0.29, 0.717) is 0 Å². The Morgan fingerprint density at radius 1 is 1.39 bits per heavy atom. The van der Waals surface area contributed by atoms with Crippen LogP contribution in [0.2, 0.25) is 0 Å². The van der Waals surface area contributed by atoms with Crippen molar-refractivity contribution in [2.75, 3.05) is 6.61 Å². The Kier molecular flexibility index (Phi) is 6.40. The maximum atomic E-state index is 11.7. The van der Waals surface area contributed by atoms with Gasteiger partial charge in [0.25, 0.3) is 5.91 Å². The van der Waals surface area contributed by atoms with E-state index in [-0.39, 0.29) is 12.5 Å². The molecular formula is C17H17IN2O3. The Morgan fingerprint density at radius 2 is 2.13 bits per heavy atom. The molecule has 0 aliphatic heterocycles. The van der Waals surface area contributed by atoms with Crippen LogP contribution in [-0.2, 0) is 4.79 Å². The second kappa shape index (κ2) is 8.52. The zero-order valence-electron chi connectivity index (χ0n) is 12.9. The van der Waals surface area contributed by atoms with Crippen molar-refractivity contribution in [3.63, 3.8) is 0 Å². The Morgan fingerprint density at radius 3 is 2.78 bits per heavy atom. The summed E-state index contributed by atoms with van der Waals surface area (Å²) >= 11 is 2.25. The highest BCUT2D eigenvalue weighted by Crippen LogP contribution is 2.25. The maximum absolute atomic E-state index is 11.7. The highest BCUT2D eigenvalue weighted by atomic mass is 127. The first kappa shape index (κ1) is 17.3. The number of hydrogen-bond acceptors (Lipinski definition) is 4. The molecule has 1 amide bonds. The quantitative estimate of drug-likeness (QED) is 0.437. The third-order valence-corrected chi connectivity index (χ3v) is 3.55. The molecule has 0 saturated carbocycles. The summed E-state index contributed by atoms with van der Waals surface area (Å²) in [5, 5.41) is 3.81. The first-order valence-corrected chi connectivity index (χ1v) is 8.06. The zero-order valence-corrected chi connectivity index (χ0v) is 15.0. The minimum atomic E-state index is -0.315. The van der Waals surface area contributed by atoms with Gasteiger partial charge in [0, 0.05) is 9.78 Å². The van der Waals surface area contributed by atoms with Crippen LogP contribution in [0.1, 0.15) is 16.9 Å². The number of carbonyl (C=O) groups is 1. The molecule has 0 aliphatic rings. The molecule has 5 nitrogen and oxygen atoms in total. The van der Waals surface area contributed by atoms with E-state index >= 15 is 0 Å². The van der Waals surface area contributed by atoms with Gasteiger partial charge in [-0.05, 0) is 84.0 Å². The van der Waals surface area contributed by atoms with Crippen LogP contribution in [0.15, 0.2) is 46.1 Å². The zero-order chi connectivity index (χ0) is 16.7. The normalized spacial score (nSPS) is 11.3. The van der Waals surface area contributed by atoms with E-state index in [9.17, 15) is 4.79 Å². The van der Waals surface area contributed by atoms with Gasteiger partial charge in [0.15, 0.2) is 6.61 Å². The molecule has 1 heterocycles. The van der Waals surface area contributed by atoms with E-state index in [1.165, 1.54) is 6.21 Å². The predicted molar refractivity (Wildman–Crippen MR) is 98.5 cm³/mol. The summed E-state index contributed by atoms with van der Waals surface area (Å²) in [5.41, 5.74) is 4.42. The molecule has 0 saturated heterocycles. The van der Waals surface area contributed by atoms with E-state index in [4.69, 9.17) is 9.15 Å². The van der Waals surface area contributed by atoms with Crippen LogP contribution in [-0.4, -0.2) is 18.7 Å². The maximum Gasteiger partial charge on any atom is 0.277 e. The van der Waals surface area contributed by atoms with E-state index in [1.54, 1.807) is 24.5 Å². The van der Waals surface area contributed by atoms with Crippen LogP contribution in [0.25, 0.3) is 6.08 Å². The monoisotopic (exact) mass is 424 g/mol. The fourth-order valence-corrected chi connectivity index (χ4v) is 2.91. The third kappa shape index (κ3) is 5.55. The van der Waals surface area contributed by atoms with Crippen molar-refractivity contribution in [2.24, 2.45) is 5.10 Å². The van der Waals surface area contributed by atoms with Crippen molar-refractivity contribution >= 4 is 40.8 Å². The number of halogens is 1. The molecule has 0 spiro atoms. The first-order valence-electron chi connectivity index (χ1n) is 6.98. The van der Waals surface area contributed by atoms with Crippen molar-refractivity contribution in [3.8, 4) is 5.75 Å². The van der Waals surface area contributed by atoms with Crippen molar-refractivity contribution in [1.29, 1.82) is 0 Å². The number of amides is 1. The molecule has 1 aromatic heterocycles. The standard InChI is InChI=1S/C17H17IN2O3/c1-12-9-14(18)10-13(2)17(12)23-11-16(21)20-19-7-3-5-15-6-4-8-22-15/h3-10H,11H2,1-2H3,(H,20,21). The first-order chi connectivity index (χ1) is 11.1. The summed E-state index contributed by atoms with van der Waals surface area (Å²) in [4.78, 5) is 11.7. The van der Waals surface area contributed by atoms with Gasteiger partial charge in [-0.15, -0.1) is 0 Å². The smallest absolute Gasteiger partial charge is 0.277 e. The lowest BCUT2D eigenvalue weighted by Gasteiger charge is -2.11. The minimum absolute atomic E-state index is 0.0818. The van der Waals surface area contributed by atoms with Gasteiger partial charge in [-0.3, -0.25) is 4.79 Å². The predicted octanol–water partition coefficient (Wildman–Crippen LogP) is 3.70. The molecule has 6 heteroatoms. The average molecular weight is 424 g/mol. The summed E-state index contributed by atoms with van der Waals surface area (Å²) in [7, 11) is 0. The number of nitrogens with zero attached hydrogens (tertiary/aromatic N) is 1. The lowest BCUT2D eigenvalue weighted by atomic mass is 10.1. The summed E-state index contributed by atoms with van der Waals surface area (Å²) in [6, 6.07) is 7.64. The Balaban J connectivity index is 1.79. The van der Waals surface area contributed by atoms with Crippen LogP contribution in [0.4, 0.5) is 0 Å². The number of benzene rings is 1. The molecule has 120 valence electrons. The number of hydrazone groups is 1. The molecule has 1 aromatic carbocycles. The molecule has 0 atom stereocenters. The Labute approximate surface area is 148 Å². The molecule has 23 heavy (non-hydrogen) atoms. The van der Waals surface area contributed by atoms with Gasteiger partial charge < -0.3 is 9.15 Å². The lowest BCUT2D eigenvalue weighted by Crippen LogP contribution is -2.24.